The Kier molecular flexibility index (Phi) is 14.0. The van der Waals surface area contributed by atoms with E-state index >= 15 is 0 Å². The zero-order chi connectivity index (χ0) is 35.4. The number of hydrogen-bond donors (Lipinski definition) is 3. The number of ether oxygens (including phenoxy) is 2. The van der Waals surface area contributed by atoms with Gasteiger partial charge >= 0.3 is 0 Å². The molecule has 1 aliphatic rings. The summed E-state index contributed by atoms with van der Waals surface area (Å²) in [4.78, 5) is 27.3. The predicted octanol–water partition coefficient (Wildman–Crippen LogP) is 4.16. The van der Waals surface area contributed by atoms with E-state index in [0.717, 1.165) is 17.5 Å². The number of rotatable bonds is 17. The first-order valence-corrected chi connectivity index (χ1v) is 18.4. The molecule has 4 rings (SSSR count). The molecular weight excluding hydrogens is 644 g/mol. The van der Waals surface area contributed by atoms with E-state index in [1.807, 2.05) is 88.4 Å². The number of benzene rings is 3. The average Bonchev–Trinajstić information content (AvgIpc) is 3.09. The standard InChI is InChI=1S/C37H50N4O7S/c1-5-28(4)20-37(44)41(39-36(43)24-38-23-30-14-10-7-11-15-30)32(21-29-12-8-6-9-13-29)33(42)26-40(25-27(2)3)49(45,46)31-16-17-34-35(22-31)48-19-18-47-34/h6-17,22,27-28,32-33,38,42H,5,18-21,23-26H2,1-4H3,(H,39,43)/t28-,32-,33+/m0/s1. The van der Waals surface area contributed by atoms with E-state index < -0.39 is 28.1 Å². The first kappa shape index (κ1) is 37.8. The maximum Gasteiger partial charge on any atom is 0.252 e. The summed E-state index contributed by atoms with van der Waals surface area (Å²) in [7, 11) is -4.12. The third kappa shape index (κ3) is 11.0. The van der Waals surface area contributed by atoms with E-state index in [4.69, 9.17) is 9.47 Å². The summed E-state index contributed by atoms with van der Waals surface area (Å²) in [5.41, 5.74) is 4.59. The summed E-state index contributed by atoms with van der Waals surface area (Å²) in [6.45, 7) is 8.57. The monoisotopic (exact) mass is 694 g/mol. The van der Waals surface area contributed by atoms with Crippen molar-refractivity contribution in [2.45, 2.75) is 70.5 Å². The SMILES string of the molecule is CC[C@H](C)CC(=O)N(NC(=O)CNCc1ccccc1)[C@@H](Cc1ccccc1)[C@H](O)CN(CC(C)C)S(=O)(=O)c1ccc2c(c1)OCCO2. The topological polar surface area (TPSA) is 138 Å². The molecule has 266 valence electrons. The average molecular weight is 695 g/mol. The van der Waals surface area contributed by atoms with Crippen molar-refractivity contribution in [3.63, 3.8) is 0 Å². The van der Waals surface area contributed by atoms with Crippen molar-refractivity contribution < 1.29 is 32.6 Å². The molecule has 2 amide bonds. The van der Waals surface area contributed by atoms with Crippen LogP contribution < -0.4 is 20.2 Å². The molecule has 0 unspecified atom stereocenters. The maximum absolute atomic E-state index is 14.1. The Balaban J connectivity index is 1.64. The van der Waals surface area contributed by atoms with E-state index in [1.165, 1.54) is 21.4 Å². The van der Waals surface area contributed by atoms with Gasteiger partial charge in [0.1, 0.15) is 13.2 Å². The van der Waals surface area contributed by atoms with Gasteiger partial charge in [0, 0.05) is 32.1 Å². The second-order valence-electron chi connectivity index (χ2n) is 13.0. The highest BCUT2D eigenvalue weighted by atomic mass is 32.2. The number of hydrazine groups is 1. The molecule has 0 aliphatic carbocycles. The summed E-state index contributed by atoms with van der Waals surface area (Å²) < 4.78 is 40.7. The number of nitrogens with one attached hydrogen (secondary N) is 2. The summed E-state index contributed by atoms with van der Waals surface area (Å²) in [5.74, 6) is -0.0776. The predicted molar refractivity (Wildman–Crippen MR) is 188 cm³/mol. The van der Waals surface area contributed by atoms with Gasteiger partial charge in [-0.1, -0.05) is 94.8 Å². The smallest absolute Gasteiger partial charge is 0.252 e. The molecule has 11 nitrogen and oxygen atoms in total. The van der Waals surface area contributed by atoms with Gasteiger partial charge in [-0.15, -0.1) is 0 Å². The number of hydrogen-bond acceptors (Lipinski definition) is 8. The normalized spacial score (nSPS) is 14.7. The summed E-state index contributed by atoms with van der Waals surface area (Å²) in [5, 5.41) is 16.3. The lowest BCUT2D eigenvalue weighted by molar-refractivity contribution is -0.148. The van der Waals surface area contributed by atoms with Gasteiger partial charge in [-0.3, -0.25) is 15.0 Å². The Morgan fingerprint density at radius 2 is 1.51 bits per heavy atom. The van der Waals surface area contributed by atoms with Crippen LogP contribution in [0.1, 0.15) is 51.7 Å². The number of sulfonamides is 1. The Morgan fingerprint density at radius 3 is 2.14 bits per heavy atom. The Morgan fingerprint density at radius 1 is 0.878 bits per heavy atom. The number of carbonyl (C=O) groups excluding carboxylic acids is 2. The highest BCUT2D eigenvalue weighted by molar-refractivity contribution is 7.89. The summed E-state index contributed by atoms with van der Waals surface area (Å²) >= 11 is 0. The molecule has 3 atom stereocenters. The van der Waals surface area contributed by atoms with Gasteiger partial charge in [-0.25, -0.2) is 13.4 Å². The number of carbonyl (C=O) groups is 2. The highest BCUT2D eigenvalue weighted by Gasteiger charge is 2.36. The highest BCUT2D eigenvalue weighted by Crippen LogP contribution is 2.33. The van der Waals surface area contributed by atoms with E-state index in [1.54, 1.807) is 6.07 Å². The van der Waals surface area contributed by atoms with E-state index in [2.05, 4.69) is 10.7 Å². The van der Waals surface area contributed by atoms with E-state index in [-0.39, 0.29) is 55.1 Å². The Labute approximate surface area is 290 Å². The van der Waals surface area contributed by atoms with Crippen molar-refractivity contribution in [1.29, 1.82) is 0 Å². The molecule has 1 aliphatic heterocycles. The lowest BCUT2D eigenvalue weighted by Gasteiger charge is -2.37. The van der Waals surface area contributed by atoms with Crippen LogP contribution >= 0.6 is 0 Å². The van der Waals surface area contributed by atoms with E-state index in [9.17, 15) is 23.1 Å². The number of amides is 2. The van der Waals surface area contributed by atoms with Crippen LogP contribution in [0.4, 0.5) is 0 Å². The van der Waals surface area contributed by atoms with Crippen LogP contribution in [-0.4, -0.2) is 79.6 Å². The molecule has 49 heavy (non-hydrogen) atoms. The molecule has 3 aromatic carbocycles. The molecule has 0 aromatic heterocycles. The minimum absolute atomic E-state index is 0.00621. The van der Waals surface area contributed by atoms with Crippen molar-refractivity contribution >= 4 is 21.8 Å². The van der Waals surface area contributed by atoms with Crippen LogP contribution in [0.15, 0.2) is 83.8 Å². The Bertz CT molecular complexity index is 1610. The molecular formula is C37H50N4O7S. The number of fused-ring (bicyclic) bond motifs is 1. The van der Waals surface area contributed by atoms with Gasteiger partial charge in [-0.05, 0) is 41.5 Å². The minimum atomic E-state index is -4.12. The van der Waals surface area contributed by atoms with Gasteiger partial charge in [0.05, 0.1) is 23.6 Å². The summed E-state index contributed by atoms with van der Waals surface area (Å²) in [6, 6.07) is 22.5. The number of nitrogens with zero attached hydrogens (tertiary/aromatic N) is 2. The second-order valence-corrected chi connectivity index (χ2v) is 14.9. The molecule has 3 aromatic rings. The zero-order valence-electron chi connectivity index (χ0n) is 28.9. The molecule has 3 N–H and O–H groups in total. The van der Waals surface area contributed by atoms with Crippen LogP contribution in [0.2, 0.25) is 0 Å². The van der Waals surface area contributed by atoms with Gasteiger partial charge < -0.3 is 19.9 Å². The third-order valence-electron chi connectivity index (χ3n) is 8.37. The first-order chi connectivity index (χ1) is 23.5. The molecule has 12 heteroatoms. The zero-order valence-corrected chi connectivity index (χ0v) is 29.7. The lowest BCUT2D eigenvalue weighted by Crippen LogP contribution is -2.60. The largest absolute Gasteiger partial charge is 0.486 e. The van der Waals surface area contributed by atoms with Crippen molar-refractivity contribution in [2.75, 3.05) is 32.8 Å². The molecule has 0 radical (unpaired) electrons. The molecule has 0 spiro atoms. The minimum Gasteiger partial charge on any atom is -0.486 e. The second kappa shape index (κ2) is 18.1. The lowest BCUT2D eigenvalue weighted by atomic mass is 9.98. The van der Waals surface area contributed by atoms with Crippen LogP contribution in [0, 0.1) is 11.8 Å². The fourth-order valence-corrected chi connectivity index (χ4v) is 7.20. The van der Waals surface area contributed by atoms with E-state index in [0.29, 0.717) is 31.3 Å². The van der Waals surface area contributed by atoms with Gasteiger partial charge in [0.25, 0.3) is 5.91 Å². The van der Waals surface area contributed by atoms with Crippen molar-refractivity contribution in [3.8, 4) is 11.5 Å². The van der Waals surface area contributed by atoms with Gasteiger partial charge in [-0.2, -0.15) is 4.31 Å². The van der Waals surface area contributed by atoms with Gasteiger partial charge in [0.15, 0.2) is 11.5 Å². The quantitative estimate of drug-likeness (QED) is 0.179. The molecule has 1 heterocycles. The van der Waals surface area contributed by atoms with Crippen LogP contribution in [-0.2, 0) is 32.6 Å². The fraction of sp³-hybridized carbons (Fsp3) is 0.459. The van der Waals surface area contributed by atoms with Crippen LogP contribution in [0.25, 0.3) is 0 Å². The third-order valence-corrected chi connectivity index (χ3v) is 10.2. The van der Waals surface area contributed by atoms with Crippen molar-refractivity contribution in [1.82, 2.24) is 20.1 Å². The molecule has 0 saturated carbocycles. The van der Waals surface area contributed by atoms with Crippen molar-refractivity contribution in [2.24, 2.45) is 11.8 Å². The fourth-order valence-electron chi connectivity index (χ4n) is 5.56. The summed E-state index contributed by atoms with van der Waals surface area (Å²) in [6.07, 6.45) is -0.318. The van der Waals surface area contributed by atoms with Crippen LogP contribution in [0.3, 0.4) is 0 Å². The first-order valence-electron chi connectivity index (χ1n) is 17.0. The van der Waals surface area contributed by atoms with Gasteiger partial charge in [0.2, 0.25) is 15.9 Å². The molecule has 0 bridgehead atoms. The molecule has 0 fully saturated rings. The maximum atomic E-state index is 14.1. The Hall–Kier alpha value is -3.97. The number of aliphatic hydroxyl groups is 1. The molecule has 0 saturated heterocycles. The van der Waals surface area contributed by atoms with Crippen molar-refractivity contribution in [3.05, 3.63) is 90.0 Å². The van der Waals surface area contributed by atoms with Crippen LogP contribution in [0.5, 0.6) is 11.5 Å². The number of aliphatic hydroxyl groups excluding tert-OH is 1.